The van der Waals surface area contributed by atoms with Gasteiger partial charge in [0.1, 0.15) is 5.69 Å². The normalized spacial score (nSPS) is 29.1. The maximum atomic E-state index is 12.2. The molecule has 1 aliphatic heterocycles. The highest BCUT2D eigenvalue weighted by atomic mass is 16.6. The second-order valence-electron chi connectivity index (χ2n) is 7.65. The first-order chi connectivity index (χ1) is 12.3. The molecule has 1 aromatic carbocycles. The molecule has 1 saturated heterocycles. The van der Waals surface area contributed by atoms with Crippen molar-refractivity contribution in [1.29, 1.82) is 0 Å². The van der Waals surface area contributed by atoms with Gasteiger partial charge in [-0.25, -0.2) is 0 Å². The number of benzene rings is 1. The number of rotatable bonds is 4. The molecular formula is C19H25N3O4. The molecule has 1 saturated carbocycles. The Bertz CT molecular complexity index is 748. The molecule has 1 N–H and O–H groups in total. The summed E-state index contributed by atoms with van der Waals surface area (Å²) in [5, 5.41) is 14.9. The third kappa shape index (κ3) is 3.30. The van der Waals surface area contributed by atoms with Gasteiger partial charge in [-0.05, 0) is 30.4 Å². The van der Waals surface area contributed by atoms with Gasteiger partial charge in [-0.1, -0.05) is 33.6 Å². The van der Waals surface area contributed by atoms with E-state index in [1.165, 1.54) is 12.5 Å². The standard InChI is InChI=1S/C19H25N3O4/c1-11-5-4-6-15(13(11)3)20-16-8-7-14(10-17(16)22(25)26)21-18(23)9-12(2)19(21)24/h7-8,10-13,15,20H,4-6,9H2,1-3H3/t11-,12+,13-,15+/m0/s1. The predicted molar refractivity (Wildman–Crippen MR) is 99.0 cm³/mol. The molecular weight excluding hydrogens is 334 g/mol. The molecule has 7 heteroatoms. The minimum Gasteiger partial charge on any atom is -0.376 e. The van der Waals surface area contributed by atoms with Gasteiger partial charge < -0.3 is 5.32 Å². The first-order valence-corrected chi connectivity index (χ1v) is 9.21. The second-order valence-corrected chi connectivity index (χ2v) is 7.65. The Morgan fingerprint density at radius 1 is 1.19 bits per heavy atom. The molecule has 140 valence electrons. The molecule has 0 aromatic heterocycles. The van der Waals surface area contributed by atoms with Crippen LogP contribution >= 0.6 is 0 Å². The quantitative estimate of drug-likeness (QED) is 0.502. The molecule has 2 amide bonds. The van der Waals surface area contributed by atoms with Crippen LogP contribution in [0.1, 0.15) is 46.5 Å². The van der Waals surface area contributed by atoms with E-state index in [0.29, 0.717) is 17.5 Å². The van der Waals surface area contributed by atoms with Crippen molar-refractivity contribution in [3.8, 4) is 0 Å². The maximum Gasteiger partial charge on any atom is 0.294 e. The number of carbonyl (C=O) groups excluding carboxylic acids is 2. The van der Waals surface area contributed by atoms with E-state index in [9.17, 15) is 19.7 Å². The predicted octanol–water partition coefficient (Wildman–Crippen LogP) is 3.73. The number of nitro benzene ring substituents is 1. The van der Waals surface area contributed by atoms with Gasteiger partial charge >= 0.3 is 0 Å². The fourth-order valence-electron chi connectivity index (χ4n) is 3.97. The molecule has 7 nitrogen and oxygen atoms in total. The van der Waals surface area contributed by atoms with Gasteiger partial charge in [0.2, 0.25) is 11.8 Å². The van der Waals surface area contributed by atoms with Crippen LogP contribution in [0.3, 0.4) is 0 Å². The Hall–Kier alpha value is -2.44. The van der Waals surface area contributed by atoms with Crippen LogP contribution in [-0.2, 0) is 9.59 Å². The van der Waals surface area contributed by atoms with Gasteiger partial charge in [0.15, 0.2) is 0 Å². The molecule has 0 spiro atoms. The summed E-state index contributed by atoms with van der Waals surface area (Å²) in [5.41, 5.74) is 0.608. The van der Waals surface area contributed by atoms with Crippen LogP contribution in [0, 0.1) is 27.9 Å². The Kier molecular flexibility index (Phi) is 4.98. The zero-order chi connectivity index (χ0) is 19.0. The summed E-state index contributed by atoms with van der Waals surface area (Å²) >= 11 is 0. The number of nitro groups is 1. The average Bonchev–Trinajstić information content (AvgIpc) is 2.84. The van der Waals surface area contributed by atoms with E-state index >= 15 is 0 Å². The number of hydrogen-bond donors (Lipinski definition) is 1. The minimum atomic E-state index is -0.461. The molecule has 1 aliphatic carbocycles. The Morgan fingerprint density at radius 2 is 1.92 bits per heavy atom. The number of hydrogen-bond acceptors (Lipinski definition) is 5. The summed E-state index contributed by atoms with van der Waals surface area (Å²) in [5.74, 6) is -0.0116. The van der Waals surface area contributed by atoms with E-state index in [1.807, 2.05) is 0 Å². The molecule has 26 heavy (non-hydrogen) atoms. The van der Waals surface area contributed by atoms with E-state index in [0.717, 1.165) is 17.7 Å². The van der Waals surface area contributed by atoms with E-state index in [2.05, 4.69) is 19.2 Å². The fraction of sp³-hybridized carbons (Fsp3) is 0.579. The summed E-state index contributed by atoms with van der Waals surface area (Å²) in [7, 11) is 0. The number of nitrogens with zero attached hydrogens (tertiary/aromatic N) is 2. The molecule has 3 rings (SSSR count). The zero-order valence-electron chi connectivity index (χ0n) is 15.4. The van der Waals surface area contributed by atoms with Crippen LogP contribution in [0.4, 0.5) is 17.1 Å². The van der Waals surface area contributed by atoms with Crippen LogP contribution in [0.2, 0.25) is 0 Å². The lowest BCUT2D eigenvalue weighted by Gasteiger charge is -2.35. The minimum absolute atomic E-state index is 0.104. The lowest BCUT2D eigenvalue weighted by Crippen LogP contribution is -2.35. The highest BCUT2D eigenvalue weighted by molar-refractivity contribution is 6.21. The van der Waals surface area contributed by atoms with E-state index in [1.54, 1.807) is 19.1 Å². The van der Waals surface area contributed by atoms with Gasteiger partial charge in [-0.2, -0.15) is 0 Å². The number of imide groups is 1. The van der Waals surface area contributed by atoms with E-state index < -0.39 is 4.92 Å². The van der Waals surface area contributed by atoms with Crippen molar-refractivity contribution in [2.24, 2.45) is 17.8 Å². The Balaban J connectivity index is 1.89. The summed E-state index contributed by atoms with van der Waals surface area (Å²) < 4.78 is 0. The summed E-state index contributed by atoms with van der Waals surface area (Å²) in [6, 6.07) is 4.73. The van der Waals surface area contributed by atoms with Crippen molar-refractivity contribution in [3.05, 3.63) is 28.3 Å². The number of amides is 2. The number of anilines is 2. The molecule has 0 bridgehead atoms. The molecule has 2 aliphatic rings. The van der Waals surface area contributed by atoms with Gasteiger partial charge in [-0.15, -0.1) is 0 Å². The molecule has 1 aromatic rings. The van der Waals surface area contributed by atoms with Crippen molar-refractivity contribution >= 4 is 28.9 Å². The van der Waals surface area contributed by atoms with Crippen molar-refractivity contribution in [3.63, 3.8) is 0 Å². The average molecular weight is 359 g/mol. The van der Waals surface area contributed by atoms with E-state index in [4.69, 9.17) is 0 Å². The van der Waals surface area contributed by atoms with Crippen molar-refractivity contribution in [2.75, 3.05) is 10.2 Å². The smallest absolute Gasteiger partial charge is 0.294 e. The molecule has 1 heterocycles. The lowest BCUT2D eigenvalue weighted by molar-refractivity contribution is -0.383. The van der Waals surface area contributed by atoms with Crippen LogP contribution < -0.4 is 10.2 Å². The van der Waals surface area contributed by atoms with Crippen LogP contribution in [-0.4, -0.2) is 22.8 Å². The third-order valence-electron chi connectivity index (χ3n) is 5.86. The highest BCUT2D eigenvalue weighted by Gasteiger charge is 2.37. The van der Waals surface area contributed by atoms with Crippen LogP contribution in [0.5, 0.6) is 0 Å². The van der Waals surface area contributed by atoms with Crippen molar-refractivity contribution in [1.82, 2.24) is 0 Å². The van der Waals surface area contributed by atoms with Crippen LogP contribution in [0.15, 0.2) is 18.2 Å². The van der Waals surface area contributed by atoms with Crippen LogP contribution in [0.25, 0.3) is 0 Å². The second kappa shape index (κ2) is 7.05. The molecule has 2 fully saturated rings. The summed E-state index contributed by atoms with van der Waals surface area (Å²) in [6.45, 7) is 6.07. The monoisotopic (exact) mass is 359 g/mol. The first kappa shape index (κ1) is 18.4. The molecule has 0 radical (unpaired) electrons. The zero-order valence-corrected chi connectivity index (χ0v) is 15.4. The number of carbonyl (C=O) groups is 2. The van der Waals surface area contributed by atoms with Gasteiger partial charge in [0, 0.05) is 24.4 Å². The van der Waals surface area contributed by atoms with Gasteiger partial charge in [-0.3, -0.25) is 24.6 Å². The van der Waals surface area contributed by atoms with Gasteiger partial charge in [0.05, 0.1) is 10.6 Å². The highest BCUT2D eigenvalue weighted by Crippen LogP contribution is 2.37. The summed E-state index contributed by atoms with van der Waals surface area (Å²) in [4.78, 5) is 36.5. The Morgan fingerprint density at radius 3 is 2.54 bits per heavy atom. The lowest BCUT2D eigenvalue weighted by atomic mass is 9.78. The van der Waals surface area contributed by atoms with E-state index in [-0.39, 0.29) is 41.6 Å². The largest absolute Gasteiger partial charge is 0.376 e. The number of nitrogens with one attached hydrogen (secondary N) is 1. The SMILES string of the molecule is C[C@H]1[C@@H](C)CCC[C@H]1Nc1ccc(N2C(=O)C[C@@H](C)C2=O)cc1[N+](=O)[O-]. The van der Waals surface area contributed by atoms with Crippen molar-refractivity contribution < 1.29 is 14.5 Å². The Labute approximate surface area is 152 Å². The van der Waals surface area contributed by atoms with Gasteiger partial charge in [0.25, 0.3) is 5.69 Å². The molecule has 4 atom stereocenters. The first-order valence-electron chi connectivity index (χ1n) is 9.21. The summed E-state index contributed by atoms with van der Waals surface area (Å²) in [6.07, 6.45) is 3.40. The third-order valence-corrected chi connectivity index (χ3v) is 5.86. The maximum absolute atomic E-state index is 12.2. The topological polar surface area (TPSA) is 92.6 Å². The fourth-order valence-corrected chi connectivity index (χ4v) is 3.97. The molecule has 0 unspecified atom stereocenters. The van der Waals surface area contributed by atoms with Crippen molar-refractivity contribution in [2.45, 2.75) is 52.5 Å².